The lowest BCUT2D eigenvalue weighted by Gasteiger charge is -2.29. The van der Waals surface area contributed by atoms with E-state index < -0.39 is 5.97 Å². The maximum Gasteiger partial charge on any atom is 0.303 e. The molecule has 3 nitrogen and oxygen atoms in total. The van der Waals surface area contributed by atoms with Gasteiger partial charge >= 0.3 is 5.97 Å². The fourth-order valence-corrected chi connectivity index (χ4v) is 3.85. The molecule has 0 saturated carbocycles. The van der Waals surface area contributed by atoms with E-state index in [-0.39, 0.29) is 0 Å². The summed E-state index contributed by atoms with van der Waals surface area (Å²) in [6.45, 7) is 3.13. The van der Waals surface area contributed by atoms with Crippen LogP contribution in [0.2, 0.25) is 0 Å². The molecule has 1 aliphatic carbocycles. The Hall–Kier alpha value is -1.35. The lowest BCUT2D eigenvalue weighted by atomic mass is 9.82. The molecule has 1 heterocycles. The Labute approximate surface area is 120 Å². The van der Waals surface area contributed by atoms with Gasteiger partial charge in [0.05, 0.1) is 0 Å². The third kappa shape index (κ3) is 3.04. The van der Waals surface area contributed by atoms with Crippen molar-refractivity contribution >= 4 is 5.97 Å². The van der Waals surface area contributed by atoms with Crippen LogP contribution in [0.25, 0.3) is 0 Å². The molecule has 0 amide bonds. The first-order chi connectivity index (χ1) is 9.72. The van der Waals surface area contributed by atoms with E-state index in [1.807, 2.05) is 0 Å². The van der Waals surface area contributed by atoms with Gasteiger partial charge in [0.25, 0.3) is 0 Å². The van der Waals surface area contributed by atoms with Crippen LogP contribution in [0.3, 0.4) is 0 Å². The maximum absolute atomic E-state index is 10.8. The van der Waals surface area contributed by atoms with E-state index in [0.717, 1.165) is 26.1 Å². The second-order valence-electron chi connectivity index (χ2n) is 6.30. The van der Waals surface area contributed by atoms with Crippen molar-refractivity contribution in [2.45, 2.75) is 38.0 Å². The molecule has 20 heavy (non-hydrogen) atoms. The minimum Gasteiger partial charge on any atom is -0.481 e. The van der Waals surface area contributed by atoms with Crippen LogP contribution in [-0.2, 0) is 11.2 Å². The van der Waals surface area contributed by atoms with Crippen LogP contribution in [-0.4, -0.2) is 35.6 Å². The fourth-order valence-electron chi connectivity index (χ4n) is 3.85. The second-order valence-corrected chi connectivity index (χ2v) is 6.30. The summed E-state index contributed by atoms with van der Waals surface area (Å²) in [6, 6.07) is 8.83. The van der Waals surface area contributed by atoms with Crippen molar-refractivity contribution in [3.05, 3.63) is 35.4 Å². The number of hydrogen-bond donors (Lipinski definition) is 1. The average Bonchev–Trinajstić information content (AvgIpc) is 2.86. The second kappa shape index (κ2) is 5.96. The van der Waals surface area contributed by atoms with Gasteiger partial charge in [0.1, 0.15) is 0 Å². The molecule has 1 saturated heterocycles. The van der Waals surface area contributed by atoms with Gasteiger partial charge in [-0.1, -0.05) is 24.3 Å². The Kier molecular flexibility index (Phi) is 4.06. The molecule has 2 aliphatic rings. The summed E-state index contributed by atoms with van der Waals surface area (Å²) in [5, 5.41) is 8.89. The zero-order valence-corrected chi connectivity index (χ0v) is 11.9. The van der Waals surface area contributed by atoms with Crippen LogP contribution in [0.15, 0.2) is 24.3 Å². The highest BCUT2D eigenvalue weighted by Crippen LogP contribution is 2.33. The van der Waals surface area contributed by atoms with Gasteiger partial charge in [0.2, 0.25) is 0 Å². The van der Waals surface area contributed by atoms with E-state index in [0.29, 0.717) is 18.3 Å². The minimum absolute atomic E-state index is 0.331. The molecule has 1 aromatic carbocycles. The fraction of sp³-hybridized carbons (Fsp3) is 0.588. The Morgan fingerprint density at radius 1 is 1.30 bits per heavy atom. The Bertz CT molecular complexity index is 486. The molecule has 0 aromatic heterocycles. The van der Waals surface area contributed by atoms with E-state index >= 15 is 0 Å². The first-order valence-electron chi connectivity index (χ1n) is 7.74. The lowest BCUT2D eigenvalue weighted by molar-refractivity contribution is -0.138. The van der Waals surface area contributed by atoms with E-state index in [1.165, 1.54) is 30.4 Å². The summed E-state index contributed by atoms with van der Waals surface area (Å²) in [7, 11) is 0. The zero-order chi connectivity index (χ0) is 13.9. The number of aliphatic carboxylic acids is 1. The third-order valence-corrected chi connectivity index (χ3v) is 4.81. The van der Waals surface area contributed by atoms with Crippen molar-refractivity contribution in [1.29, 1.82) is 0 Å². The molecule has 0 radical (unpaired) electrons. The Morgan fingerprint density at radius 2 is 2.15 bits per heavy atom. The smallest absolute Gasteiger partial charge is 0.303 e. The molecular weight excluding hydrogens is 250 g/mol. The summed E-state index contributed by atoms with van der Waals surface area (Å²) in [5.74, 6) is 0.342. The molecule has 0 bridgehead atoms. The van der Waals surface area contributed by atoms with E-state index in [9.17, 15) is 4.79 Å². The number of carboxylic acids is 1. The molecule has 1 aliphatic heterocycles. The molecule has 1 fully saturated rings. The quantitative estimate of drug-likeness (QED) is 0.917. The first kappa shape index (κ1) is 13.6. The van der Waals surface area contributed by atoms with Crippen LogP contribution >= 0.6 is 0 Å². The van der Waals surface area contributed by atoms with Crippen molar-refractivity contribution in [1.82, 2.24) is 4.90 Å². The largest absolute Gasteiger partial charge is 0.481 e. The first-order valence-corrected chi connectivity index (χ1v) is 7.74. The zero-order valence-electron chi connectivity index (χ0n) is 11.9. The predicted molar refractivity (Wildman–Crippen MR) is 78.9 cm³/mol. The molecule has 2 atom stereocenters. The van der Waals surface area contributed by atoms with Gasteiger partial charge in [-0.05, 0) is 55.2 Å². The monoisotopic (exact) mass is 273 g/mol. The normalized spacial score (nSPS) is 26.4. The van der Waals surface area contributed by atoms with Crippen LogP contribution in [0.4, 0.5) is 0 Å². The molecule has 108 valence electrons. The highest BCUT2D eigenvalue weighted by molar-refractivity contribution is 5.67. The average molecular weight is 273 g/mol. The van der Waals surface area contributed by atoms with E-state index in [4.69, 9.17) is 5.11 Å². The summed E-state index contributed by atoms with van der Waals surface area (Å²) in [6.07, 6.45) is 5.15. The topological polar surface area (TPSA) is 40.5 Å². The van der Waals surface area contributed by atoms with Crippen molar-refractivity contribution in [3.63, 3.8) is 0 Å². The number of nitrogens with zero attached hydrogens (tertiary/aromatic N) is 1. The number of fused-ring (bicyclic) bond motifs is 1. The van der Waals surface area contributed by atoms with Crippen molar-refractivity contribution < 1.29 is 9.90 Å². The van der Waals surface area contributed by atoms with Crippen LogP contribution in [0.5, 0.6) is 0 Å². The third-order valence-electron chi connectivity index (χ3n) is 4.81. The molecule has 2 unspecified atom stereocenters. The predicted octanol–water partition coefficient (Wildman–Crippen LogP) is 2.90. The van der Waals surface area contributed by atoms with Gasteiger partial charge in [-0.3, -0.25) is 4.79 Å². The van der Waals surface area contributed by atoms with Gasteiger partial charge in [-0.15, -0.1) is 0 Å². The van der Waals surface area contributed by atoms with Gasteiger partial charge in [0.15, 0.2) is 0 Å². The highest BCUT2D eigenvalue weighted by Gasteiger charge is 2.28. The number of benzene rings is 1. The lowest BCUT2D eigenvalue weighted by Crippen LogP contribution is -2.28. The summed E-state index contributed by atoms with van der Waals surface area (Å²) >= 11 is 0. The SMILES string of the molecule is O=C(O)CC1CCN(CC2CCCc3ccccc32)C1. The summed E-state index contributed by atoms with van der Waals surface area (Å²) in [5.41, 5.74) is 3.05. The van der Waals surface area contributed by atoms with Gasteiger partial charge in [0, 0.05) is 19.5 Å². The van der Waals surface area contributed by atoms with Gasteiger partial charge in [-0.25, -0.2) is 0 Å². The number of aryl methyl sites for hydroxylation is 1. The molecular formula is C17H23NO2. The molecule has 3 heteroatoms. The summed E-state index contributed by atoms with van der Waals surface area (Å²) < 4.78 is 0. The standard InChI is InChI=1S/C17H23NO2/c19-17(20)10-13-8-9-18(11-13)12-15-6-3-5-14-4-1-2-7-16(14)15/h1-2,4,7,13,15H,3,5-6,8-12H2,(H,19,20). The van der Waals surface area contributed by atoms with Crippen LogP contribution < -0.4 is 0 Å². The van der Waals surface area contributed by atoms with Crippen LogP contribution in [0, 0.1) is 5.92 Å². The van der Waals surface area contributed by atoms with Crippen molar-refractivity contribution in [2.75, 3.05) is 19.6 Å². The minimum atomic E-state index is -0.653. The van der Waals surface area contributed by atoms with Crippen molar-refractivity contribution in [2.24, 2.45) is 5.92 Å². The number of hydrogen-bond acceptors (Lipinski definition) is 2. The number of carbonyl (C=O) groups is 1. The summed E-state index contributed by atoms with van der Waals surface area (Å²) in [4.78, 5) is 13.3. The Balaban J connectivity index is 1.61. The van der Waals surface area contributed by atoms with E-state index in [1.54, 1.807) is 0 Å². The Morgan fingerprint density at radius 3 is 3.00 bits per heavy atom. The van der Waals surface area contributed by atoms with Crippen LogP contribution in [0.1, 0.15) is 42.7 Å². The molecule has 0 spiro atoms. The highest BCUT2D eigenvalue weighted by atomic mass is 16.4. The van der Waals surface area contributed by atoms with Gasteiger partial charge in [-0.2, -0.15) is 0 Å². The number of carboxylic acid groups (broad SMARTS) is 1. The van der Waals surface area contributed by atoms with Crippen molar-refractivity contribution in [3.8, 4) is 0 Å². The van der Waals surface area contributed by atoms with E-state index in [2.05, 4.69) is 29.2 Å². The number of rotatable bonds is 4. The molecule has 3 rings (SSSR count). The molecule has 1 aromatic rings. The molecule has 1 N–H and O–H groups in total. The van der Waals surface area contributed by atoms with Gasteiger partial charge < -0.3 is 10.0 Å². The number of likely N-dealkylation sites (tertiary alicyclic amines) is 1. The maximum atomic E-state index is 10.8.